The Hall–Kier alpha value is -1.68. The van der Waals surface area contributed by atoms with E-state index in [-0.39, 0.29) is 6.04 Å². The molecule has 2 aromatic rings. The molecule has 0 saturated heterocycles. The number of fused-ring (bicyclic) bond motifs is 1. The second-order valence-corrected chi connectivity index (χ2v) is 4.23. The third-order valence-electron chi connectivity index (χ3n) is 2.93. The zero-order chi connectivity index (χ0) is 12.3. The van der Waals surface area contributed by atoms with Crippen molar-refractivity contribution in [2.75, 3.05) is 11.9 Å². The number of rotatable bonds is 4. The molecule has 0 fully saturated rings. The lowest BCUT2D eigenvalue weighted by molar-refractivity contribution is 0.677. The standard InChI is InChI=1S/C13H18N4/c1-3-10(14)8-15-13-12-7-5-4-6-11(12)9(2)16-17-13/h4-7,10H,3,8,14H2,1-2H3,(H,15,17). The van der Waals surface area contributed by atoms with Crippen LogP contribution in [-0.2, 0) is 0 Å². The van der Waals surface area contributed by atoms with Crippen molar-refractivity contribution in [3.63, 3.8) is 0 Å². The Morgan fingerprint density at radius 1 is 1.24 bits per heavy atom. The SMILES string of the molecule is CCC(N)CNc1nnc(C)c2ccccc12. The lowest BCUT2D eigenvalue weighted by atomic mass is 10.1. The van der Waals surface area contributed by atoms with Gasteiger partial charge in [-0.05, 0) is 13.3 Å². The van der Waals surface area contributed by atoms with Gasteiger partial charge in [-0.2, -0.15) is 5.10 Å². The van der Waals surface area contributed by atoms with Gasteiger partial charge in [0, 0.05) is 23.4 Å². The fourth-order valence-corrected chi connectivity index (χ4v) is 1.74. The summed E-state index contributed by atoms with van der Waals surface area (Å²) in [6, 6.07) is 8.28. The number of nitrogens with two attached hydrogens (primary N) is 1. The minimum atomic E-state index is 0.150. The molecule has 3 N–H and O–H groups in total. The summed E-state index contributed by atoms with van der Waals surface area (Å²) in [5.74, 6) is 0.815. The zero-order valence-corrected chi connectivity index (χ0v) is 10.3. The highest BCUT2D eigenvalue weighted by Gasteiger charge is 2.06. The highest BCUT2D eigenvalue weighted by atomic mass is 15.2. The van der Waals surface area contributed by atoms with Gasteiger partial charge < -0.3 is 11.1 Å². The number of aryl methyl sites for hydroxylation is 1. The van der Waals surface area contributed by atoms with Crippen molar-refractivity contribution >= 4 is 16.6 Å². The predicted molar refractivity (Wildman–Crippen MR) is 71.0 cm³/mol. The van der Waals surface area contributed by atoms with E-state index in [4.69, 9.17) is 5.73 Å². The average Bonchev–Trinajstić information content (AvgIpc) is 2.38. The average molecular weight is 230 g/mol. The van der Waals surface area contributed by atoms with Crippen LogP contribution >= 0.6 is 0 Å². The van der Waals surface area contributed by atoms with Crippen LogP contribution in [0.5, 0.6) is 0 Å². The first-order valence-corrected chi connectivity index (χ1v) is 5.94. The minimum absolute atomic E-state index is 0.150. The molecule has 1 aromatic heterocycles. The largest absolute Gasteiger partial charge is 0.367 e. The molecule has 1 atom stereocenters. The zero-order valence-electron chi connectivity index (χ0n) is 10.3. The molecule has 1 unspecified atom stereocenters. The summed E-state index contributed by atoms with van der Waals surface area (Å²) in [7, 11) is 0. The number of benzene rings is 1. The van der Waals surface area contributed by atoms with Gasteiger partial charge in [-0.3, -0.25) is 0 Å². The van der Waals surface area contributed by atoms with E-state index in [1.165, 1.54) is 0 Å². The van der Waals surface area contributed by atoms with Gasteiger partial charge in [0.15, 0.2) is 5.82 Å². The summed E-state index contributed by atoms with van der Waals surface area (Å²) in [5.41, 5.74) is 6.83. The van der Waals surface area contributed by atoms with Crippen molar-refractivity contribution in [1.82, 2.24) is 10.2 Å². The van der Waals surface area contributed by atoms with Gasteiger partial charge in [-0.15, -0.1) is 5.10 Å². The van der Waals surface area contributed by atoms with E-state index in [9.17, 15) is 0 Å². The van der Waals surface area contributed by atoms with E-state index in [1.54, 1.807) is 0 Å². The highest BCUT2D eigenvalue weighted by Crippen LogP contribution is 2.21. The van der Waals surface area contributed by atoms with Crippen LogP contribution in [0.3, 0.4) is 0 Å². The molecule has 0 amide bonds. The lowest BCUT2D eigenvalue weighted by Gasteiger charge is -2.12. The summed E-state index contributed by atoms with van der Waals surface area (Å²) >= 11 is 0. The molecule has 0 aliphatic rings. The number of anilines is 1. The molecule has 17 heavy (non-hydrogen) atoms. The van der Waals surface area contributed by atoms with Crippen LogP contribution in [0.15, 0.2) is 24.3 Å². The maximum absolute atomic E-state index is 5.88. The summed E-state index contributed by atoms with van der Waals surface area (Å²) in [6.45, 7) is 4.76. The fraction of sp³-hybridized carbons (Fsp3) is 0.385. The molecule has 0 aliphatic carbocycles. The molecule has 4 nitrogen and oxygen atoms in total. The number of hydrogen-bond acceptors (Lipinski definition) is 4. The van der Waals surface area contributed by atoms with E-state index in [2.05, 4.69) is 34.6 Å². The van der Waals surface area contributed by atoms with Crippen LogP contribution in [0.25, 0.3) is 10.8 Å². The summed E-state index contributed by atoms with van der Waals surface area (Å²) in [5, 5.41) is 13.9. The molecule has 0 aliphatic heterocycles. The van der Waals surface area contributed by atoms with Crippen LogP contribution in [-0.4, -0.2) is 22.8 Å². The van der Waals surface area contributed by atoms with Crippen LogP contribution in [0.1, 0.15) is 19.0 Å². The van der Waals surface area contributed by atoms with Crippen molar-refractivity contribution in [2.24, 2.45) is 5.73 Å². The molecule has 2 rings (SSSR count). The Morgan fingerprint density at radius 2 is 1.94 bits per heavy atom. The topological polar surface area (TPSA) is 63.8 Å². The molecule has 90 valence electrons. The van der Waals surface area contributed by atoms with Crippen molar-refractivity contribution in [3.8, 4) is 0 Å². The molecule has 4 heteroatoms. The molecule has 0 spiro atoms. The van der Waals surface area contributed by atoms with Gasteiger partial charge >= 0.3 is 0 Å². The van der Waals surface area contributed by atoms with Crippen molar-refractivity contribution in [3.05, 3.63) is 30.0 Å². The number of aromatic nitrogens is 2. The molecular formula is C13H18N4. The first-order valence-electron chi connectivity index (χ1n) is 5.94. The molecular weight excluding hydrogens is 212 g/mol. The summed E-state index contributed by atoms with van der Waals surface area (Å²) in [4.78, 5) is 0. The van der Waals surface area contributed by atoms with Gasteiger partial charge in [0.2, 0.25) is 0 Å². The second kappa shape index (κ2) is 5.10. The first kappa shape index (κ1) is 11.8. The summed E-state index contributed by atoms with van der Waals surface area (Å²) in [6.07, 6.45) is 0.949. The number of hydrogen-bond donors (Lipinski definition) is 2. The van der Waals surface area contributed by atoms with Crippen LogP contribution in [0, 0.1) is 6.92 Å². The molecule has 0 saturated carbocycles. The Morgan fingerprint density at radius 3 is 2.65 bits per heavy atom. The minimum Gasteiger partial charge on any atom is -0.367 e. The lowest BCUT2D eigenvalue weighted by Crippen LogP contribution is -2.28. The predicted octanol–water partition coefficient (Wildman–Crippen LogP) is 2.09. The number of nitrogens with zero attached hydrogens (tertiary/aromatic N) is 2. The first-order chi connectivity index (χ1) is 8.22. The van der Waals surface area contributed by atoms with E-state index >= 15 is 0 Å². The normalized spacial score (nSPS) is 12.6. The van der Waals surface area contributed by atoms with Gasteiger partial charge in [-0.1, -0.05) is 31.2 Å². The van der Waals surface area contributed by atoms with Crippen molar-refractivity contribution in [1.29, 1.82) is 0 Å². The van der Waals surface area contributed by atoms with Crippen molar-refractivity contribution < 1.29 is 0 Å². The molecule has 1 aromatic carbocycles. The van der Waals surface area contributed by atoms with E-state index in [1.807, 2.05) is 19.1 Å². The Balaban J connectivity index is 2.32. The van der Waals surface area contributed by atoms with Gasteiger partial charge in [0.1, 0.15) is 0 Å². The van der Waals surface area contributed by atoms with Crippen LogP contribution < -0.4 is 11.1 Å². The fourth-order valence-electron chi connectivity index (χ4n) is 1.74. The van der Waals surface area contributed by atoms with Gasteiger partial charge in [0.05, 0.1) is 5.69 Å². The Kier molecular flexibility index (Phi) is 3.54. The molecule has 0 radical (unpaired) electrons. The number of nitrogens with one attached hydrogen (secondary N) is 1. The molecule has 0 bridgehead atoms. The second-order valence-electron chi connectivity index (χ2n) is 4.23. The summed E-state index contributed by atoms with van der Waals surface area (Å²) < 4.78 is 0. The smallest absolute Gasteiger partial charge is 0.156 e. The van der Waals surface area contributed by atoms with Gasteiger partial charge in [-0.25, -0.2) is 0 Å². The highest BCUT2D eigenvalue weighted by molar-refractivity contribution is 5.92. The third-order valence-corrected chi connectivity index (χ3v) is 2.93. The van der Waals surface area contributed by atoms with E-state index in [0.717, 1.165) is 35.2 Å². The van der Waals surface area contributed by atoms with E-state index in [0.29, 0.717) is 0 Å². The van der Waals surface area contributed by atoms with Crippen LogP contribution in [0.2, 0.25) is 0 Å². The Labute approximate surface area is 101 Å². The van der Waals surface area contributed by atoms with Crippen molar-refractivity contribution in [2.45, 2.75) is 26.3 Å². The third kappa shape index (κ3) is 2.53. The molecule has 1 heterocycles. The maximum atomic E-state index is 5.88. The monoisotopic (exact) mass is 230 g/mol. The maximum Gasteiger partial charge on any atom is 0.156 e. The Bertz CT molecular complexity index is 510. The van der Waals surface area contributed by atoms with E-state index < -0.39 is 0 Å². The quantitative estimate of drug-likeness (QED) is 0.844. The van der Waals surface area contributed by atoms with Gasteiger partial charge in [0.25, 0.3) is 0 Å². The van der Waals surface area contributed by atoms with Crippen LogP contribution in [0.4, 0.5) is 5.82 Å².